The average Bonchev–Trinajstić information content (AvgIpc) is 2.30. The quantitative estimate of drug-likeness (QED) is 0.850. The second-order valence-corrected chi connectivity index (χ2v) is 4.09. The van der Waals surface area contributed by atoms with E-state index in [1.807, 2.05) is 19.1 Å². The van der Waals surface area contributed by atoms with Crippen molar-refractivity contribution in [1.82, 2.24) is 0 Å². The summed E-state index contributed by atoms with van der Waals surface area (Å²) >= 11 is 0. The van der Waals surface area contributed by atoms with Gasteiger partial charge in [0.1, 0.15) is 0 Å². The van der Waals surface area contributed by atoms with Gasteiger partial charge >= 0.3 is 5.97 Å². The van der Waals surface area contributed by atoms with E-state index >= 15 is 0 Å². The summed E-state index contributed by atoms with van der Waals surface area (Å²) in [6, 6.07) is 5.93. The lowest BCUT2D eigenvalue weighted by Crippen LogP contribution is -2.17. The van der Waals surface area contributed by atoms with Crippen LogP contribution in [0.2, 0.25) is 0 Å². The number of hydrogen-bond donors (Lipinski definition) is 1. The molecule has 0 radical (unpaired) electrons. The summed E-state index contributed by atoms with van der Waals surface area (Å²) in [5.41, 5.74) is 3.25. The largest absolute Gasteiger partial charge is 0.481 e. The third-order valence-corrected chi connectivity index (χ3v) is 3.15. The highest BCUT2D eigenvalue weighted by Crippen LogP contribution is 2.29. The van der Waals surface area contributed by atoms with Gasteiger partial charge in [-0.15, -0.1) is 0 Å². The summed E-state index contributed by atoms with van der Waals surface area (Å²) in [5, 5.41) is 9.19. The highest BCUT2D eigenvalue weighted by atomic mass is 16.5. The van der Waals surface area contributed by atoms with E-state index in [2.05, 4.69) is 6.07 Å². The summed E-state index contributed by atoms with van der Waals surface area (Å²) in [6.45, 7) is 3.19. The lowest BCUT2D eigenvalue weighted by Gasteiger charge is -2.22. The summed E-state index contributed by atoms with van der Waals surface area (Å²) in [4.78, 5) is 11.2. The van der Waals surface area contributed by atoms with E-state index in [0.717, 1.165) is 24.2 Å². The lowest BCUT2D eigenvalue weighted by atomic mass is 9.88. The van der Waals surface area contributed by atoms with Gasteiger partial charge in [0.05, 0.1) is 19.1 Å². The van der Waals surface area contributed by atoms with Crippen molar-refractivity contribution in [2.75, 3.05) is 6.61 Å². The minimum Gasteiger partial charge on any atom is -0.481 e. The van der Waals surface area contributed by atoms with Gasteiger partial charge in [0.15, 0.2) is 0 Å². The second kappa shape index (κ2) is 4.66. The van der Waals surface area contributed by atoms with Gasteiger partial charge < -0.3 is 9.84 Å². The highest BCUT2D eigenvalue weighted by molar-refractivity contribution is 5.76. The minimum absolute atomic E-state index is 0.406. The van der Waals surface area contributed by atoms with Gasteiger partial charge in [-0.2, -0.15) is 0 Å². The molecule has 86 valence electrons. The Bertz CT molecular complexity index is 398. The summed E-state index contributed by atoms with van der Waals surface area (Å²) in [5.74, 6) is -1.15. The van der Waals surface area contributed by atoms with Crippen LogP contribution in [0.25, 0.3) is 0 Å². The Morgan fingerprint density at radius 2 is 2.38 bits per heavy atom. The molecule has 1 aliphatic heterocycles. The molecule has 3 heteroatoms. The molecule has 1 aromatic rings. The fourth-order valence-corrected chi connectivity index (χ4v) is 2.28. The van der Waals surface area contributed by atoms with Crippen LogP contribution in [-0.2, 0) is 22.6 Å². The van der Waals surface area contributed by atoms with Crippen LogP contribution in [0.3, 0.4) is 0 Å². The summed E-state index contributed by atoms with van der Waals surface area (Å²) < 4.78 is 5.42. The van der Waals surface area contributed by atoms with Crippen LogP contribution >= 0.6 is 0 Å². The van der Waals surface area contributed by atoms with E-state index in [0.29, 0.717) is 13.0 Å². The first kappa shape index (κ1) is 11.1. The maximum Gasteiger partial charge on any atom is 0.310 e. The fraction of sp³-hybridized carbons (Fsp3) is 0.462. The van der Waals surface area contributed by atoms with E-state index < -0.39 is 11.9 Å². The Morgan fingerprint density at radius 1 is 1.56 bits per heavy atom. The molecule has 0 fully saturated rings. The molecule has 1 atom stereocenters. The van der Waals surface area contributed by atoms with Crippen molar-refractivity contribution in [2.45, 2.75) is 32.3 Å². The predicted molar refractivity (Wildman–Crippen MR) is 60.5 cm³/mol. The molecule has 0 aromatic heterocycles. The number of carboxylic acids is 1. The molecule has 1 N–H and O–H groups in total. The molecule has 1 unspecified atom stereocenters. The Hall–Kier alpha value is -1.35. The van der Waals surface area contributed by atoms with E-state index in [9.17, 15) is 9.90 Å². The van der Waals surface area contributed by atoms with E-state index in [4.69, 9.17) is 4.74 Å². The molecule has 0 bridgehead atoms. The molecule has 1 heterocycles. The average molecular weight is 220 g/mol. The number of carbonyl (C=O) groups is 1. The Balaban J connectivity index is 2.43. The first-order chi connectivity index (χ1) is 7.74. The molecule has 1 aliphatic rings. The topological polar surface area (TPSA) is 46.5 Å². The normalized spacial score (nSPS) is 16.6. The summed E-state index contributed by atoms with van der Waals surface area (Å²) in [7, 11) is 0. The van der Waals surface area contributed by atoms with E-state index in [1.165, 1.54) is 5.56 Å². The van der Waals surface area contributed by atoms with Crippen LogP contribution < -0.4 is 0 Å². The van der Waals surface area contributed by atoms with Crippen LogP contribution in [0.4, 0.5) is 0 Å². The van der Waals surface area contributed by atoms with Crippen LogP contribution in [0, 0.1) is 0 Å². The summed E-state index contributed by atoms with van der Waals surface area (Å²) in [6.07, 6.45) is 1.50. The van der Waals surface area contributed by atoms with Crippen molar-refractivity contribution in [1.29, 1.82) is 0 Å². The van der Waals surface area contributed by atoms with Crippen molar-refractivity contribution in [3.63, 3.8) is 0 Å². The van der Waals surface area contributed by atoms with Crippen molar-refractivity contribution >= 4 is 5.97 Å². The molecule has 16 heavy (non-hydrogen) atoms. The number of fused-ring (bicyclic) bond motifs is 1. The smallest absolute Gasteiger partial charge is 0.310 e. The Kier molecular flexibility index (Phi) is 3.25. The monoisotopic (exact) mass is 220 g/mol. The zero-order chi connectivity index (χ0) is 11.5. The minimum atomic E-state index is -0.749. The molecular weight excluding hydrogens is 204 g/mol. The molecule has 2 rings (SSSR count). The molecular formula is C13H16O3. The predicted octanol–water partition coefficient (Wildman–Crippen LogP) is 2.34. The van der Waals surface area contributed by atoms with Crippen LogP contribution in [0.1, 0.15) is 36.0 Å². The zero-order valence-corrected chi connectivity index (χ0v) is 9.40. The van der Waals surface area contributed by atoms with E-state index in [-0.39, 0.29) is 0 Å². The third kappa shape index (κ3) is 1.95. The Labute approximate surface area is 95.0 Å². The molecule has 0 saturated carbocycles. The van der Waals surface area contributed by atoms with Crippen LogP contribution in [-0.4, -0.2) is 17.7 Å². The van der Waals surface area contributed by atoms with E-state index in [1.54, 1.807) is 0 Å². The van der Waals surface area contributed by atoms with Gasteiger partial charge in [0.25, 0.3) is 0 Å². The number of hydrogen-bond acceptors (Lipinski definition) is 2. The van der Waals surface area contributed by atoms with Crippen molar-refractivity contribution < 1.29 is 14.6 Å². The molecule has 0 saturated heterocycles. The van der Waals surface area contributed by atoms with Crippen LogP contribution in [0.5, 0.6) is 0 Å². The highest BCUT2D eigenvalue weighted by Gasteiger charge is 2.23. The van der Waals surface area contributed by atoms with Gasteiger partial charge in [-0.1, -0.05) is 25.1 Å². The van der Waals surface area contributed by atoms with Gasteiger partial charge in [-0.25, -0.2) is 0 Å². The SMILES string of the molecule is CCC(C(=O)O)c1cccc2c1COCC2. The van der Waals surface area contributed by atoms with Crippen molar-refractivity contribution in [3.8, 4) is 0 Å². The molecule has 0 aliphatic carbocycles. The van der Waals surface area contributed by atoms with Gasteiger partial charge in [-0.3, -0.25) is 4.79 Å². The first-order valence-electron chi connectivity index (χ1n) is 5.65. The molecule has 0 spiro atoms. The second-order valence-electron chi connectivity index (χ2n) is 4.09. The number of ether oxygens (including phenoxy) is 1. The number of carboxylic acid groups (broad SMARTS) is 1. The maximum atomic E-state index is 11.2. The maximum absolute atomic E-state index is 11.2. The third-order valence-electron chi connectivity index (χ3n) is 3.15. The van der Waals surface area contributed by atoms with Crippen molar-refractivity contribution in [2.24, 2.45) is 0 Å². The standard InChI is InChI=1S/C13H16O3/c1-2-10(13(14)15)11-5-3-4-9-6-7-16-8-12(9)11/h3-5,10H,2,6-8H2,1H3,(H,14,15). The fourth-order valence-electron chi connectivity index (χ4n) is 2.28. The lowest BCUT2D eigenvalue weighted by molar-refractivity contribution is -0.138. The van der Waals surface area contributed by atoms with Gasteiger partial charge in [0.2, 0.25) is 0 Å². The van der Waals surface area contributed by atoms with Gasteiger partial charge in [0, 0.05) is 0 Å². The number of rotatable bonds is 3. The van der Waals surface area contributed by atoms with Gasteiger partial charge in [-0.05, 0) is 29.5 Å². The number of benzene rings is 1. The van der Waals surface area contributed by atoms with Crippen molar-refractivity contribution in [3.05, 3.63) is 34.9 Å². The molecule has 1 aromatic carbocycles. The molecule has 0 amide bonds. The zero-order valence-electron chi connectivity index (χ0n) is 9.40. The first-order valence-corrected chi connectivity index (χ1v) is 5.65. The molecule has 3 nitrogen and oxygen atoms in total. The Morgan fingerprint density at radius 3 is 3.06 bits per heavy atom. The number of aliphatic carboxylic acids is 1. The van der Waals surface area contributed by atoms with Crippen LogP contribution in [0.15, 0.2) is 18.2 Å².